The lowest BCUT2D eigenvalue weighted by atomic mass is 9.99. The molecule has 0 aliphatic heterocycles. The maximum Gasteiger partial charge on any atom is 0.319 e. The van der Waals surface area contributed by atoms with Crippen molar-refractivity contribution >= 4 is 11.7 Å². The summed E-state index contributed by atoms with van der Waals surface area (Å²) in [5.74, 6) is 0.639. The normalized spacial score (nSPS) is 13.2. The minimum Gasteiger partial charge on any atom is -0.495 e. The molecule has 0 aliphatic carbocycles. The Hall–Kier alpha value is -2.53. The summed E-state index contributed by atoms with van der Waals surface area (Å²) in [6.45, 7) is 3.98. The summed E-state index contributed by atoms with van der Waals surface area (Å²) in [6, 6.07) is 15.6. The topological polar surface area (TPSA) is 53.6 Å². The molecule has 2 amide bonds. The monoisotopic (exact) mass is 341 g/mol. The number of carbonyl (C=O) groups is 1. The summed E-state index contributed by atoms with van der Waals surface area (Å²) in [5, 5.41) is 5.92. The van der Waals surface area contributed by atoms with Crippen molar-refractivity contribution in [1.29, 1.82) is 0 Å². The third kappa shape index (κ3) is 4.97. The quantitative estimate of drug-likeness (QED) is 0.840. The van der Waals surface area contributed by atoms with Gasteiger partial charge in [-0.1, -0.05) is 36.4 Å². The molecule has 2 aromatic rings. The second kappa shape index (κ2) is 8.53. The number of urea groups is 1. The van der Waals surface area contributed by atoms with Crippen molar-refractivity contribution in [2.45, 2.75) is 25.9 Å². The molecule has 0 aromatic heterocycles. The van der Waals surface area contributed by atoms with Crippen molar-refractivity contribution in [2.24, 2.45) is 0 Å². The summed E-state index contributed by atoms with van der Waals surface area (Å²) in [4.78, 5) is 14.6. The van der Waals surface area contributed by atoms with Crippen LogP contribution in [0.4, 0.5) is 10.5 Å². The minimum absolute atomic E-state index is 0.0753. The molecule has 0 bridgehead atoms. The molecular weight excluding hydrogens is 314 g/mol. The first-order valence-electron chi connectivity index (χ1n) is 8.36. The lowest BCUT2D eigenvalue weighted by molar-refractivity contribution is 0.223. The molecule has 0 saturated heterocycles. The van der Waals surface area contributed by atoms with Crippen LogP contribution in [-0.4, -0.2) is 38.2 Å². The van der Waals surface area contributed by atoms with E-state index in [0.29, 0.717) is 11.4 Å². The van der Waals surface area contributed by atoms with E-state index < -0.39 is 0 Å². The van der Waals surface area contributed by atoms with Crippen LogP contribution in [0.1, 0.15) is 24.1 Å². The second-order valence-electron chi connectivity index (χ2n) is 6.41. The molecule has 0 aliphatic rings. The first-order chi connectivity index (χ1) is 11.9. The average molecular weight is 341 g/mol. The number of aryl methyl sites for hydroxylation is 1. The van der Waals surface area contributed by atoms with E-state index in [4.69, 9.17) is 4.74 Å². The van der Waals surface area contributed by atoms with Crippen molar-refractivity contribution in [1.82, 2.24) is 10.2 Å². The van der Waals surface area contributed by atoms with Gasteiger partial charge in [0.15, 0.2) is 0 Å². The number of rotatable bonds is 6. The highest BCUT2D eigenvalue weighted by Gasteiger charge is 2.23. The molecule has 0 fully saturated rings. The van der Waals surface area contributed by atoms with Gasteiger partial charge in [0, 0.05) is 6.04 Å². The van der Waals surface area contributed by atoms with Crippen LogP contribution in [0.15, 0.2) is 48.5 Å². The zero-order valence-electron chi connectivity index (χ0n) is 15.5. The van der Waals surface area contributed by atoms with Gasteiger partial charge >= 0.3 is 6.03 Å². The van der Waals surface area contributed by atoms with Crippen molar-refractivity contribution in [2.75, 3.05) is 26.5 Å². The molecule has 0 unspecified atom stereocenters. The summed E-state index contributed by atoms with van der Waals surface area (Å²) >= 11 is 0. The zero-order valence-corrected chi connectivity index (χ0v) is 15.5. The second-order valence-corrected chi connectivity index (χ2v) is 6.41. The summed E-state index contributed by atoms with van der Waals surface area (Å²) in [7, 11) is 5.61. The number of hydrogen-bond acceptors (Lipinski definition) is 3. The maximum atomic E-state index is 12.5. The van der Waals surface area contributed by atoms with Crippen LogP contribution in [0.3, 0.4) is 0 Å². The molecule has 5 heteroatoms. The molecule has 0 heterocycles. The van der Waals surface area contributed by atoms with Crippen LogP contribution in [0.5, 0.6) is 5.75 Å². The highest BCUT2D eigenvalue weighted by molar-refractivity contribution is 5.91. The Morgan fingerprint density at radius 2 is 1.80 bits per heavy atom. The van der Waals surface area contributed by atoms with Crippen LogP contribution in [0.25, 0.3) is 0 Å². The van der Waals surface area contributed by atoms with E-state index in [1.54, 1.807) is 7.11 Å². The number of nitrogens with one attached hydrogen (secondary N) is 2. The molecule has 25 heavy (non-hydrogen) atoms. The van der Waals surface area contributed by atoms with E-state index in [0.717, 1.165) is 11.1 Å². The average Bonchev–Trinajstić information content (AvgIpc) is 2.55. The van der Waals surface area contributed by atoms with Crippen LogP contribution in [0, 0.1) is 6.92 Å². The Bertz CT molecular complexity index is 701. The third-order valence-electron chi connectivity index (χ3n) is 4.13. The van der Waals surface area contributed by atoms with Gasteiger partial charge in [-0.05, 0) is 51.2 Å². The van der Waals surface area contributed by atoms with E-state index in [1.807, 2.05) is 64.3 Å². The zero-order chi connectivity index (χ0) is 18.4. The third-order valence-corrected chi connectivity index (χ3v) is 4.13. The molecule has 2 N–H and O–H groups in total. The summed E-state index contributed by atoms with van der Waals surface area (Å²) in [5.41, 5.74) is 2.88. The number of hydrogen-bond donors (Lipinski definition) is 2. The largest absolute Gasteiger partial charge is 0.495 e. The van der Waals surface area contributed by atoms with Crippen LogP contribution >= 0.6 is 0 Å². The predicted octanol–water partition coefficient (Wildman–Crippen LogP) is 3.82. The smallest absolute Gasteiger partial charge is 0.319 e. The number of benzene rings is 2. The highest BCUT2D eigenvalue weighted by atomic mass is 16.5. The van der Waals surface area contributed by atoms with Gasteiger partial charge < -0.3 is 20.3 Å². The van der Waals surface area contributed by atoms with Gasteiger partial charge in [-0.15, -0.1) is 0 Å². The molecule has 0 saturated carbocycles. The molecule has 2 rings (SSSR count). The molecule has 5 nitrogen and oxygen atoms in total. The molecule has 0 spiro atoms. The number of anilines is 1. The SMILES string of the molecule is COc1ccc(C)cc1NC(=O)N[C@H](C)[C@H](c1ccccc1)N(C)C. The Morgan fingerprint density at radius 3 is 2.40 bits per heavy atom. The fourth-order valence-corrected chi connectivity index (χ4v) is 3.05. The number of methoxy groups -OCH3 is 1. The summed E-state index contributed by atoms with van der Waals surface area (Å²) in [6.07, 6.45) is 0. The number of ether oxygens (including phenoxy) is 1. The van der Waals surface area contributed by atoms with Gasteiger partial charge in [-0.3, -0.25) is 0 Å². The molecule has 0 radical (unpaired) electrons. The van der Waals surface area contributed by atoms with Crippen molar-refractivity contribution in [3.05, 3.63) is 59.7 Å². The Balaban J connectivity index is 2.10. The van der Waals surface area contributed by atoms with Gasteiger partial charge in [0.2, 0.25) is 0 Å². The maximum absolute atomic E-state index is 12.5. The standard InChI is InChI=1S/C20H27N3O2/c1-14-11-12-18(25-5)17(13-14)22-20(24)21-15(2)19(23(3)4)16-9-7-6-8-10-16/h6-13,15,19H,1-5H3,(H2,21,22,24)/t15-,19-/m1/s1. The van der Waals surface area contributed by atoms with Gasteiger partial charge in [0.1, 0.15) is 5.75 Å². The lowest BCUT2D eigenvalue weighted by Crippen LogP contribution is -2.44. The van der Waals surface area contributed by atoms with E-state index >= 15 is 0 Å². The van der Waals surface area contributed by atoms with E-state index in [9.17, 15) is 4.79 Å². The van der Waals surface area contributed by atoms with Gasteiger partial charge in [-0.2, -0.15) is 0 Å². The molecular formula is C20H27N3O2. The predicted molar refractivity (Wildman–Crippen MR) is 102 cm³/mol. The first kappa shape index (κ1) is 18.8. The highest BCUT2D eigenvalue weighted by Crippen LogP contribution is 2.26. The van der Waals surface area contributed by atoms with Crippen LogP contribution < -0.4 is 15.4 Å². The lowest BCUT2D eigenvalue weighted by Gasteiger charge is -2.31. The van der Waals surface area contributed by atoms with E-state index in [-0.39, 0.29) is 18.1 Å². The molecule has 2 aromatic carbocycles. The number of amides is 2. The Labute approximate surface area is 150 Å². The van der Waals surface area contributed by atoms with Gasteiger partial charge in [0.05, 0.1) is 18.8 Å². The number of likely N-dealkylation sites (N-methyl/N-ethyl adjacent to an activating group) is 1. The minimum atomic E-state index is -0.251. The van der Waals surface area contributed by atoms with Crippen molar-refractivity contribution in [3.8, 4) is 5.75 Å². The first-order valence-corrected chi connectivity index (χ1v) is 8.36. The fraction of sp³-hybridized carbons (Fsp3) is 0.350. The molecule has 134 valence electrons. The summed E-state index contributed by atoms with van der Waals surface area (Å²) < 4.78 is 5.31. The van der Waals surface area contributed by atoms with Gasteiger partial charge in [-0.25, -0.2) is 4.79 Å². The number of carbonyl (C=O) groups excluding carboxylic acids is 1. The van der Waals surface area contributed by atoms with E-state index in [1.165, 1.54) is 0 Å². The fourth-order valence-electron chi connectivity index (χ4n) is 3.05. The van der Waals surface area contributed by atoms with Crippen LogP contribution in [0.2, 0.25) is 0 Å². The van der Waals surface area contributed by atoms with Crippen molar-refractivity contribution in [3.63, 3.8) is 0 Å². The molecule has 2 atom stereocenters. The number of nitrogens with zero attached hydrogens (tertiary/aromatic N) is 1. The Morgan fingerprint density at radius 1 is 1.12 bits per heavy atom. The van der Waals surface area contributed by atoms with Crippen molar-refractivity contribution < 1.29 is 9.53 Å². The van der Waals surface area contributed by atoms with E-state index in [2.05, 4.69) is 27.7 Å². The van der Waals surface area contributed by atoms with Crippen LogP contribution in [-0.2, 0) is 0 Å². The Kier molecular flexibility index (Phi) is 6.42. The van der Waals surface area contributed by atoms with Gasteiger partial charge in [0.25, 0.3) is 0 Å².